The van der Waals surface area contributed by atoms with E-state index in [1.807, 2.05) is 24.3 Å². The highest BCUT2D eigenvalue weighted by Gasteiger charge is 2.32. The van der Waals surface area contributed by atoms with Crippen molar-refractivity contribution >= 4 is 10.9 Å². The van der Waals surface area contributed by atoms with Crippen LogP contribution in [0, 0.1) is 5.92 Å². The Hall–Kier alpha value is -2.24. The molecule has 0 amide bonds. The van der Waals surface area contributed by atoms with E-state index < -0.39 is 0 Å². The minimum atomic E-state index is -0.332. The zero-order valence-electron chi connectivity index (χ0n) is 14.4. The van der Waals surface area contributed by atoms with Gasteiger partial charge in [0, 0.05) is 36.2 Å². The van der Waals surface area contributed by atoms with E-state index >= 15 is 0 Å². The molecule has 25 heavy (non-hydrogen) atoms. The predicted molar refractivity (Wildman–Crippen MR) is 96.1 cm³/mol. The minimum absolute atomic E-state index is 0.197. The Labute approximate surface area is 147 Å². The molecular weight excluding hydrogens is 314 g/mol. The Balaban J connectivity index is 1.42. The van der Waals surface area contributed by atoms with Crippen LogP contribution in [0.1, 0.15) is 24.1 Å². The molecule has 0 saturated carbocycles. The molecule has 4 rings (SSSR count). The molecule has 1 aliphatic rings. The lowest BCUT2D eigenvalue weighted by molar-refractivity contribution is 0.139. The Kier molecular flexibility index (Phi) is 4.51. The maximum Gasteiger partial charge on any atom is 0.150 e. The van der Waals surface area contributed by atoms with Crippen molar-refractivity contribution < 1.29 is 9.63 Å². The Bertz CT molecular complexity index is 861. The van der Waals surface area contributed by atoms with Crippen molar-refractivity contribution in [2.45, 2.75) is 32.4 Å². The summed E-state index contributed by atoms with van der Waals surface area (Å²) < 4.78 is 5.37. The van der Waals surface area contributed by atoms with E-state index in [1.54, 1.807) is 0 Å². The first-order valence-corrected chi connectivity index (χ1v) is 8.91. The second-order valence-electron chi connectivity index (χ2n) is 6.86. The fourth-order valence-electron chi connectivity index (χ4n) is 3.58. The summed E-state index contributed by atoms with van der Waals surface area (Å²) in [6, 6.07) is 14.3. The number of hydrogen-bond donors (Lipinski definition) is 1. The van der Waals surface area contributed by atoms with Gasteiger partial charge in [0.25, 0.3) is 0 Å². The maximum atomic E-state index is 10.4. The van der Waals surface area contributed by atoms with Crippen LogP contribution >= 0.6 is 0 Å². The molecule has 2 atom stereocenters. The number of aryl methyl sites for hydroxylation is 1. The molecular formula is C20H23N3O2. The largest absolute Gasteiger partial charge is 0.391 e. The van der Waals surface area contributed by atoms with Crippen molar-refractivity contribution in [3.63, 3.8) is 0 Å². The van der Waals surface area contributed by atoms with Crippen LogP contribution in [0.2, 0.25) is 0 Å². The zero-order chi connectivity index (χ0) is 17.2. The molecule has 0 bridgehead atoms. The van der Waals surface area contributed by atoms with Gasteiger partial charge < -0.3 is 9.63 Å². The summed E-state index contributed by atoms with van der Waals surface area (Å²) in [4.78, 5) is 6.97. The fraction of sp³-hybridized carbons (Fsp3) is 0.400. The van der Waals surface area contributed by atoms with Crippen LogP contribution in [-0.4, -0.2) is 39.3 Å². The average molecular weight is 337 g/mol. The van der Waals surface area contributed by atoms with Crippen molar-refractivity contribution in [2.24, 2.45) is 5.92 Å². The number of nitrogens with zero attached hydrogens (tertiary/aromatic N) is 3. The van der Waals surface area contributed by atoms with Crippen LogP contribution < -0.4 is 0 Å². The molecule has 1 aromatic carbocycles. The number of fused-ring (bicyclic) bond motifs is 1. The second-order valence-corrected chi connectivity index (χ2v) is 6.86. The average Bonchev–Trinajstić information content (AvgIpc) is 3.21. The molecule has 5 nitrogen and oxygen atoms in total. The van der Waals surface area contributed by atoms with Crippen molar-refractivity contribution in [2.75, 3.05) is 13.1 Å². The molecule has 3 heterocycles. The topological polar surface area (TPSA) is 62.4 Å². The number of aliphatic hydroxyl groups excluding tert-OH is 1. The second kappa shape index (κ2) is 6.94. The predicted octanol–water partition coefficient (Wildman–Crippen LogP) is 2.82. The molecule has 3 aromatic rings. The molecule has 0 radical (unpaired) electrons. The van der Waals surface area contributed by atoms with Crippen LogP contribution in [0.5, 0.6) is 0 Å². The number of likely N-dealkylation sites (tertiary alicyclic amines) is 1. The van der Waals surface area contributed by atoms with Crippen molar-refractivity contribution in [1.29, 1.82) is 0 Å². The smallest absolute Gasteiger partial charge is 0.150 e. The van der Waals surface area contributed by atoms with Gasteiger partial charge in [-0.1, -0.05) is 36.3 Å². The minimum Gasteiger partial charge on any atom is -0.391 e. The van der Waals surface area contributed by atoms with Gasteiger partial charge in [-0.15, -0.1) is 0 Å². The SMILES string of the molecule is CCc1cc(CN2C[C@@H](Cc3ccc4ccccc4n3)[C@H](O)C2)on1. The molecule has 0 unspecified atom stereocenters. The van der Waals surface area contributed by atoms with E-state index in [-0.39, 0.29) is 12.0 Å². The number of rotatable bonds is 5. The number of benzene rings is 1. The third kappa shape index (κ3) is 3.57. The lowest BCUT2D eigenvalue weighted by Gasteiger charge is -2.14. The normalized spacial score (nSPS) is 21.2. The summed E-state index contributed by atoms with van der Waals surface area (Å²) in [5.41, 5.74) is 3.03. The summed E-state index contributed by atoms with van der Waals surface area (Å²) in [5.74, 6) is 1.07. The summed E-state index contributed by atoms with van der Waals surface area (Å²) in [5, 5.41) is 15.6. The molecule has 5 heteroatoms. The van der Waals surface area contributed by atoms with E-state index in [0.29, 0.717) is 13.1 Å². The van der Waals surface area contributed by atoms with Gasteiger partial charge in [0.15, 0.2) is 5.76 Å². The first-order valence-electron chi connectivity index (χ1n) is 8.91. The van der Waals surface area contributed by atoms with Crippen molar-refractivity contribution in [3.05, 3.63) is 59.6 Å². The lowest BCUT2D eigenvalue weighted by atomic mass is 9.99. The van der Waals surface area contributed by atoms with Crippen LogP contribution in [-0.2, 0) is 19.4 Å². The van der Waals surface area contributed by atoms with E-state index in [2.05, 4.69) is 35.2 Å². The van der Waals surface area contributed by atoms with E-state index in [9.17, 15) is 5.11 Å². The maximum absolute atomic E-state index is 10.4. The van der Waals surface area contributed by atoms with Gasteiger partial charge in [-0.25, -0.2) is 0 Å². The van der Waals surface area contributed by atoms with E-state index in [1.165, 1.54) is 0 Å². The van der Waals surface area contributed by atoms with Gasteiger partial charge in [0.2, 0.25) is 0 Å². The molecule has 0 spiro atoms. The fourth-order valence-corrected chi connectivity index (χ4v) is 3.58. The van der Waals surface area contributed by atoms with Crippen LogP contribution in [0.3, 0.4) is 0 Å². The summed E-state index contributed by atoms with van der Waals surface area (Å²) >= 11 is 0. The van der Waals surface area contributed by atoms with Gasteiger partial charge in [-0.2, -0.15) is 0 Å². The van der Waals surface area contributed by atoms with Gasteiger partial charge in [0.05, 0.1) is 23.9 Å². The van der Waals surface area contributed by atoms with Crippen molar-refractivity contribution in [3.8, 4) is 0 Å². The van der Waals surface area contributed by atoms with Crippen molar-refractivity contribution in [1.82, 2.24) is 15.0 Å². The summed E-state index contributed by atoms with van der Waals surface area (Å²) in [6.07, 6.45) is 1.34. The first-order chi connectivity index (χ1) is 12.2. The molecule has 1 aliphatic heterocycles. The standard InChI is InChI=1S/C20H23N3O2/c1-2-16-10-18(25-22-16)12-23-11-15(20(24)13-23)9-17-8-7-14-5-3-4-6-19(14)21-17/h3-8,10,15,20,24H,2,9,11-13H2,1H3/t15-,20-/m1/s1. The zero-order valence-corrected chi connectivity index (χ0v) is 14.4. The van der Waals surface area contributed by atoms with Gasteiger partial charge in [-0.3, -0.25) is 9.88 Å². The lowest BCUT2D eigenvalue weighted by Crippen LogP contribution is -2.21. The number of aliphatic hydroxyl groups is 1. The van der Waals surface area contributed by atoms with Crippen LogP contribution in [0.15, 0.2) is 47.0 Å². The number of aromatic nitrogens is 2. The number of pyridine rings is 1. The molecule has 0 aliphatic carbocycles. The monoisotopic (exact) mass is 337 g/mol. The Morgan fingerprint density at radius 3 is 2.88 bits per heavy atom. The number of β-amino-alcohol motifs (C(OH)–C–C–N with tert-alkyl or cyclic N) is 1. The summed E-state index contributed by atoms with van der Waals surface area (Å²) in [7, 11) is 0. The molecule has 1 saturated heterocycles. The summed E-state index contributed by atoms with van der Waals surface area (Å²) in [6.45, 7) is 4.28. The molecule has 1 N–H and O–H groups in total. The highest BCUT2D eigenvalue weighted by Crippen LogP contribution is 2.24. The molecule has 2 aromatic heterocycles. The van der Waals surface area contributed by atoms with E-state index in [4.69, 9.17) is 9.51 Å². The quantitative estimate of drug-likeness (QED) is 0.776. The highest BCUT2D eigenvalue weighted by molar-refractivity contribution is 5.78. The first kappa shape index (κ1) is 16.2. The Morgan fingerprint density at radius 2 is 2.04 bits per heavy atom. The molecule has 1 fully saturated rings. The Morgan fingerprint density at radius 1 is 1.16 bits per heavy atom. The van der Waals surface area contributed by atoms with Gasteiger partial charge in [-0.05, 0) is 25.0 Å². The molecule has 130 valence electrons. The number of para-hydroxylation sites is 1. The van der Waals surface area contributed by atoms with Crippen LogP contribution in [0.25, 0.3) is 10.9 Å². The number of hydrogen-bond acceptors (Lipinski definition) is 5. The third-order valence-corrected chi connectivity index (χ3v) is 4.96. The van der Waals surface area contributed by atoms with Crippen LogP contribution in [0.4, 0.5) is 0 Å². The van der Waals surface area contributed by atoms with E-state index in [0.717, 1.165) is 47.4 Å². The van der Waals surface area contributed by atoms with Gasteiger partial charge in [0.1, 0.15) is 0 Å². The third-order valence-electron chi connectivity index (χ3n) is 4.96. The highest BCUT2D eigenvalue weighted by atomic mass is 16.5. The van der Waals surface area contributed by atoms with Gasteiger partial charge >= 0.3 is 0 Å².